The Hall–Kier alpha value is -2.08. The number of hydrogen-bond acceptors (Lipinski definition) is 5. The Bertz CT molecular complexity index is 569. The van der Waals surface area contributed by atoms with Crippen molar-refractivity contribution in [2.45, 2.75) is 19.4 Å². The highest BCUT2D eigenvalue weighted by Crippen LogP contribution is 2.28. The third-order valence-corrected chi connectivity index (χ3v) is 3.81. The summed E-state index contributed by atoms with van der Waals surface area (Å²) in [5, 5.41) is 14.2. The number of rotatable bonds is 5. The van der Waals surface area contributed by atoms with Crippen LogP contribution in [0.15, 0.2) is 29.8 Å². The SMILES string of the molecule is CCC(Nc1nccc(C(=O)O)c1N)c1cccs1. The number of nitrogens with one attached hydrogen (secondary N) is 1. The van der Waals surface area contributed by atoms with Gasteiger partial charge in [0, 0.05) is 11.1 Å². The fourth-order valence-corrected chi connectivity index (χ4v) is 2.66. The zero-order valence-corrected chi connectivity index (χ0v) is 11.3. The van der Waals surface area contributed by atoms with Crippen molar-refractivity contribution in [3.63, 3.8) is 0 Å². The van der Waals surface area contributed by atoms with Gasteiger partial charge in [-0.15, -0.1) is 11.3 Å². The van der Waals surface area contributed by atoms with E-state index < -0.39 is 5.97 Å². The molecule has 0 radical (unpaired) electrons. The van der Waals surface area contributed by atoms with Crippen molar-refractivity contribution in [3.8, 4) is 0 Å². The van der Waals surface area contributed by atoms with Crippen molar-refractivity contribution in [1.29, 1.82) is 0 Å². The topological polar surface area (TPSA) is 88.2 Å². The first kappa shape index (κ1) is 13.4. The maximum atomic E-state index is 11.0. The third kappa shape index (κ3) is 2.85. The first-order valence-electron chi connectivity index (χ1n) is 5.91. The van der Waals surface area contributed by atoms with Gasteiger partial charge in [-0.25, -0.2) is 9.78 Å². The summed E-state index contributed by atoms with van der Waals surface area (Å²) >= 11 is 1.64. The van der Waals surface area contributed by atoms with E-state index in [4.69, 9.17) is 10.8 Å². The first-order chi connectivity index (χ1) is 9.13. The summed E-state index contributed by atoms with van der Waals surface area (Å²) in [5.41, 5.74) is 6.08. The smallest absolute Gasteiger partial charge is 0.337 e. The van der Waals surface area contributed by atoms with Crippen molar-refractivity contribution in [2.75, 3.05) is 11.1 Å². The molecule has 2 rings (SSSR count). The number of hydrogen-bond donors (Lipinski definition) is 3. The van der Waals surface area contributed by atoms with Crippen LogP contribution in [-0.4, -0.2) is 16.1 Å². The molecule has 0 aliphatic rings. The van der Waals surface area contributed by atoms with Crippen LogP contribution < -0.4 is 11.1 Å². The van der Waals surface area contributed by atoms with Gasteiger partial charge in [0.2, 0.25) is 0 Å². The molecule has 4 N–H and O–H groups in total. The quantitative estimate of drug-likeness (QED) is 0.782. The number of nitrogens with zero attached hydrogens (tertiary/aromatic N) is 1. The van der Waals surface area contributed by atoms with E-state index in [1.54, 1.807) is 11.3 Å². The van der Waals surface area contributed by atoms with Gasteiger partial charge in [0.1, 0.15) is 0 Å². The number of anilines is 2. The molecule has 0 bridgehead atoms. The number of carboxylic acids is 1. The largest absolute Gasteiger partial charge is 0.478 e. The van der Waals surface area contributed by atoms with Gasteiger partial charge in [-0.05, 0) is 23.9 Å². The highest BCUT2D eigenvalue weighted by atomic mass is 32.1. The molecular weight excluding hydrogens is 262 g/mol. The van der Waals surface area contributed by atoms with Gasteiger partial charge in [0.25, 0.3) is 0 Å². The number of aromatic nitrogens is 1. The summed E-state index contributed by atoms with van der Waals surface area (Å²) in [4.78, 5) is 16.3. The minimum Gasteiger partial charge on any atom is -0.478 e. The van der Waals surface area contributed by atoms with Gasteiger partial charge in [0.05, 0.1) is 17.3 Å². The van der Waals surface area contributed by atoms with Crippen LogP contribution in [0.3, 0.4) is 0 Å². The molecular formula is C13H15N3O2S. The molecule has 0 fully saturated rings. The lowest BCUT2D eigenvalue weighted by Crippen LogP contribution is -2.13. The Morgan fingerprint density at radius 2 is 2.37 bits per heavy atom. The van der Waals surface area contributed by atoms with Crippen molar-refractivity contribution in [2.24, 2.45) is 0 Å². The van der Waals surface area contributed by atoms with Crippen LogP contribution in [0.4, 0.5) is 11.5 Å². The average molecular weight is 277 g/mol. The maximum absolute atomic E-state index is 11.0. The second-order valence-corrected chi connectivity index (χ2v) is 5.03. The number of aromatic carboxylic acids is 1. The lowest BCUT2D eigenvalue weighted by Gasteiger charge is -2.18. The summed E-state index contributed by atoms with van der Waals surface area (Å²) in [5.74, 6) is -0.632. The average Bonchev–Trinajstić information content (AvgIpc) is 2.91. The Kier molecular flexibility index (Phi) is 4.01. The molecule has 0 amide bonds. The van der Waals surface area contributed by atoms with Crippen LogP contribution in [0.5, 0.6) is 0 Å². The van der Waals surface area contributed by atoms with E-state index in [1.807, 2.05) is 17.5 Å². The number of thiophene rings is 1. The van der Waals surface area contributed by atoms with E-state index in [0.29, 0.717) is 5.82 Å². The molecule has 0 aliphatic carbocycles. The minimum absolute atomic E-state index is 0.0681. The van der Waals surface area contributed by atoms with E-state index in [1.165, 1.54) is 17.1 Å². The van der Waals surface area contributed by atoms with Crippen molar-refractivity contribution >= 4 is 28.8 Å². The predicted octanol–water partition coefficient (Wildman–Crippen LogP) is 2.99. The number of pyridine rings is 1. The third-order valence-electron chi connectivity index (χ3n) is 2.83. The number of nitrogens with two attached hydrogens (primary N) is 1. The Labute approximate surface area is 115 Å². The summed E-state index contributed by atoms with van der Waals surface area (Å²) in [7, 11) is 0. The molecule has 1 atom stereocenters. The summed E-state index contributed by atoms with van der Waals surface area (Å²) < 4.78 is 0. The van der Waals surface area contributed by atoms with Crippen LogP contribution >= 0.6 is 11.3 Å². The lowest BCUT2D eigenvalue weighted by atomic mass is 10.1. The molecule has 2 aromatic heterocycles. The maximum Gasteiger partial charge on any atom is 0.337 e. The fraction of sp³-hybridized carbons (Fsp3) is 0.231. The standard InChI is InChI=1S/C13H15N3O2S/c1-2-9(10-4-3-7-19-10)16-12-11(14)8(13(17)18)5-6-15-12/h3-7,9H,2,14H2,1H3,(H,15,16)(H,17,18). The van der Waals surface area contributed by atoms with Crippen molar-refractivity contribution in [3.05, 3.63) is 40.2 Å². The molecule has 100 valence electrons. The zero-order chi connectivity index (χ0) is 13.8. The first-order valence-corrected chi connectivity index (χ1v) is 6.79. The fourth-order valence-electron chi connectivity index (χ4n) is 1.80. The van der Waals surface area contributed by atoms with Gasteiger partial charge in [0.15, 0.2) is 5.82 Å². The zero-order valence-electron chi connectivity index (χ0n) is 10.5. The van der Waals surface area contributed by atoms with Gasteiger partial charge >= 0.3 is 5.97 Å². The number of carbonyl (C=O) groups is 1. The molecule has 0 saturated carbocycles. The highest BCUT2D eigenvalue weighted by molar-refractivity contribution is 7.10. The van der Waals surface area contributed by atoms with E-state index in [2.05, 4.69) is 17.2 Å². The second kappa shape index (κ2) is 5.71. The number of nitrogen functional groups attached to an aromatic ring is 1. The van der Waals surface area contributed by atoms with Crippen LogP contribution in [0.1, 0.15) is 34.6 Å². The number of carboxylic acid groups (broad SMARTS) is 1. The molecule has 0 spiro atoms. The molecule has 2 heterocycles. The Balaban J connectivity index is 2.28. The summed E-state index contributed by atoms with van der Waals surface area (Å²) in [6.07, 6.45) is 2.31. The van der Waals surface area contributed by atoms with Crippen molar-refractivity contribution < 1.29 is 9.90 Å². The molecule has 1 unspecified atom stereocenters. The van der Waals surface area contributed by atoms with Gasteiger partial charge in [-0.2, -0.15) is 0 Å². The van der Waals surface area contributed by atoms with Crippen LogP contribution in [-0.2, 0) is 0 Å². The van der Waals surface area contributed by atoms with Crippen molar-refractivity contribution in [1.82, 2.24) is 4.98 Å². The molecule has 6 heteroatoms. The molecule has 0 aromatic carbocycles. The van der Waals surface area contributed by atoms with E-state index >= 15 is 0 Å². The minimum atomic E-state index is -1.05. The van der Waals surface area contributed by atoms with Gasteiger partial charge in [-0.3, -0.25) is 0 Å². The summed E-state index contributed by atoms with van der Waals surface area (Å²) in [6, 6.07) is 5.49. The van der Waals surface area contributed by atoms with E-state index in [9.17, 15) is 4.79 Å². The monoisotopic (exact) mass is 277 g/mol. The lowest BCUT2D eigenvalue weighted by molar-refractivity contribution is 0.0698. The molecule has 5 nitrogen and oxygen atoms in total. The van der Waals surface area contributed by atoms with E-state index in [0.717, 1.165) is 6.42 Å². The molecule has 0 aliphatic heterocycles. The second-order valence-electron chi connectivity index (χ2n) is 4.05. The van der Waals surface area contributed by atoms with Crippen LogP contribution in [0.2, 0.25) is 0 Å². The summed E-state index contributed by atoms with van der Waals surface area (Å²) in [6.45, 7) is 2.05. The van der Waals surface area contributed by atoms with E-state index in [-0.39, 0.29) is 17.3 Å². The molecule has 0 saturated heterocycles. The van der Waals surface area contributed by atoms with Gasteiger partial charge in [-0.1, -0.05) is 13.0 Å². The normalized spacial score (nSPS) is 12.1. The highest BCUT2D eigenvalue weighted by Gasteiger charge is 2.16. The van der Waals surface area contributed by atoms with Crippen LogP contribution in [0, 0.1) is 0 Å². The van der Waals surface area contributed by atoms with Gasteiger partial charge < -0.3 is 16.2 Å². The molecule has 19 heavy (non-hydrogen) atoms. The predicted molar refractivity (Wildman–Crippen MR) is 76.6 cm³/mol. The Morgan fingerprint density at radius 3 is 2.95 bits per heavy atom. The van der Waals surface area contributed by atoms with Crippen LogP contribution in [0.25, 0.3) is 0 Å². The molecule has 2 aromatic rings. The Morgan fingerprint density at radius 1 is 1.58 bits per heavy atom.